The van der Waals surface area contributed by atoms with Crippen molar-refractivity contribution in [1.29, 1.82) is 0 Å². The molecule has 17 heavy (non-hydrogen) atoms. The Morgan fingerprint density at radius 2 is 2.24 bits per heavy atom. The Morgan fingerprint density at radius 3 is 2.94 bits per heavy atom. The molecule has 0 fully saturated rings. The topological polar surface area (TPSA) is 50.9 Å². The number of halogens is 1. The van der Waals surface area contributed by atoms with Crippen LogP contribution in [0.3, 0.4) is 0 Å². The van der Waals surface area contributed by atoms with Crippen LogP contribution in [0.25, 0.3) is 0 Å². The first-order valence-corrected chi connectivity index (χ1v) is 7.04. The van der Waals surface area contributed by atoms with Gasteiger partial charge in [0.15, 0.2) is 5.13 Å². The van der Waals surface area contributed by atoms with Gasteiger partial charge in [0.05, 0.1) is 11.4 Å². The van der Waals surface area contributed by atoms with Gasteiger partial charge in [-0.3, -0.25) is 0 Å². The van der Waals surface area contributed by atoms with Gasteiger partial charge >= 0.3 is 0 Å². The molecule has 0 amide bonds. The fourth-order valence-corrected chi connectivity index (χ4v) is 2.59. The van der Waals surface area contributed by atoms with Gasteiger partial charge in [0.1, 0.15) is 0 Å². The van der Waals surface area contributed by atoms with Crippen molar-refractivity contribution in [2.75, 3.05) is 5.32 Å². The van der Waals surface area contributed by atoms with Gasteiger partial charge in [-0.1, -0.05) is 12.1 Å². The van der Waals surface area contributed by atoms with Gasteiger partial charge in [0.2, 0.25) is 0 Å². The van der Waals surface area contributed by atoms with Crippen molar-refractivity contribution in [3.63, 3.8) is 0 Å². The number of hydrogen-bond acceptors (Lipinski definition) is 4. The van der Waals surface area contributed by atoms with Gasteiger partial charge in [-0.2, -0.15) is 0 Å². The number of thiazole rings is 1. The molecule has 90 valence electrons. The van der Waals surface area contributed by atoms with Crippen LogP contribution >= 0.6 is 27.3 Å². The number of nitrogens with one attached hydrogen (secondary N) is 1. The summed E-state index contributed by atoms with van der Waals surface area (Å²) in [5, 5.41) is 6.23. The number of benzene rings is 1. The van der Waals surface area contributed by atoms with Crippen LogP contribution in [-0.2, 0) is 6.42 Å². The molecular weight excluding hydrogens is 298 g/mol. The molecule has 0 saturated heterocycles. The molecule has 0 radical (unpaired) electrons. The average Bonchev–Trinajstić information content (AvgIpc) is 2.68. The van der Waals surface area contributed by atoms with E-state index in [-0.39, 0.29) is 6.04 Å². The predicted molar refractivity (Wildman–Crippen MR) is 76.9 cm³/mol. The Balaban J connectivity index is 2.09. The zero-order valence-corrected chi connectivity index (χ0v) is 11.9. The first-order chi connectivity index (χ1) is 8.15. The summed E-state index contributed by atoms with van der Waals surface area (Å²) in [6, 6.07) is 8.13. The molecule has 1 aromatic heterocycles. The second-order valence-corrected chi connectivity index (χ2v) is 5.64. The van der Waals surface area contributed by atoms with E-state index < -0.39 is 0 Å². The van der Waals surface area contributed by atoms with Crippen LogP contribution in [-0.4, -0.2) is 11.0 Å². The molecule has 2 aromatic rings. The molecule has 1 atom stereocenters. The second kappa shape index (κ2) is 5.62. The van der Waals surface area contributed by atoms with Gasteiger partial charge in [-0.15, -0.1) is 11.3 Å². The summed E-state index contributed by atoms with van der Waals surface area (Å²) in [5.41, 5.74) is 7.81. The summed E-state index contributed by atoms with van der Waals surface area (Å²) in [4.78, 5) is 4.49. The quantitative estimate of drug-likeness (QED) is 0.908. The molecule has 1 unspecified atom stereocenters. The number of anilines is 2. The van der Waals surface area contributed by atoms with Crippen LogP contribution in [0.4, 0.5) is 10.8 Å². The Bertz CT molecular complexity index is 496. The van der Waals surface area contributed by atoms with E-state index in [1.54, 1.807) is 11.3 Å². The molecule has 0 bridgehead atoms. The van der Waals surface area contributed by atoms with Gasteiger partial charge in [-0.25, -0.2) is 4.98 Å². The minimum absolute atomic E-state index is 0.147. The van der Waals surface area contributed by atoms with Crippen molar-refractivity contribution >= 4 is 38.1 Å². The van der Waals surface area contributed by atoms with E-state index in [0.29, 0.717) is 0 Å². The highest BCUT2D eigenvalue weighted by molar-refractivity contribution is 9.10. The summed E-state index contributed by atoms with van der Waals surface area (Å²) in [6.45, 7) is 1.99. The number of hydrogen-bond donors (Lipinski definition) is 2. The normalized spacial score (nSPS) is 12.4. The zero-order chi connectivity index (χ0) is 12.3. The molecule has 0 aliphatic rings. The minimum Gasteiger partial charge on any atom is -0.331 e. The van der Waals surface area contributed by atoms with Crippen LogP contribution in [0.1, 0.15) is 12.6 Å². The third kappa shape index (κ3) is 3.52. The van der Waals surface area contributed by atoms with Crippen molar-refractivity contribution in [2.24, 2.45) is 5.73 Å². The summed E-state index contributed by atoms with van der Waals surface area (Å²) >= 11 is 5.09. The fraction of sp³-hybridized carbons (Fsp3) is 0.250. The van der Waals surface area contributed by atoms with Crippen LogP contribution < -0.4 is 11.1 Å². The molecular formula is C12H14BrN3S. The molecule has 1 aromatic carbocycles. The molecule has 3 nitrogen and oxygen atoms in total. The first kappa shape index (κ1) is 12.5. The third-order valence-corrected chi connectivity index (χ3v) is 3.70. The number of nitrogens with two attached hydrogens (primary N) is 1. The number of nitrogens with zero attached hydrogens (tertiary/aromatic N) is 1. The lowest BCUT2D eigenvalue weighted by Gasteiger charge is -2.04. The van der Waals surface area contributed by atoms with E-state index >= 15 is 0 Å². The van der Waals surface area contributed by atoms with E-state index in [4.69, 9.17) is 5.73 Å². The molecule has 2 rings (SSSR count). The highest BCUT2D eigenvalue weighted by atomic mass is 79.9. The Hall–Kier alpha value is -0.910. The van der Waals surface area contributed by atoms with Crippen LogP contribution in [0, 0.1) is 0 Å². The highest BCUT2D eigenvalue weighted by Crippen LogP contribution is 2.27. The SMILES string of the molecule is CC(N)Cc1csc(Nc2ccccc2Br)n1. The summed E-state index contributed by atoms with van der Waals surface area (Å²) in [7, 11) is 0. The van der Waals surface area contributed by atoms with Gasteiger partial charge in [0, 0.05) is 22.3 Å². The first-order valence-electron chi connectivity index (χ1n) is 5.36. The minimum atomic E-state index is 0.147. The largest absolute Gasteiger partial charge is 0.331 e. The lowest BCUT2D eigenvalue weighted by Crippen LogP contribution is -2.17. The maximum atomic E-state index is 5.75. The van der Waals surface area contributed by atoms with E-state index in [1.165, 1.54) is 0 Å². The van der Waals surface area contributed by atoms with Crippen LogP contribution in [0.5, 0.6) is 0 Å². The summed E-state index contributed by atoms with van der Waals surface area (Å²) in [6.07, 6.45) is 0.814. The zero-order valence-electron chi connectivity index (χ0n) is 9.48. The van der Waals surface area contributed by atoms with Crippen molar-refractivity contribution < 1.29 is 0 Å². The standard InChI is InChI=1S/C12H14BrN3S/c1-8(14)6-9-7-17-12(15-9)16-11-5-3-2-4-10(11)13/h2-5,7-8H,6,14H2,1H3,(H,15,16). The van der Waals surface area contributed by atoms with Crippen molar-refractivity contribution in [2.45, 2.75) is 19.4 Å². The fourth-order valence-electron chi connectivity index (χ4n) is 1.47. The average molecular weight is 312 g/mol. The van der Waals surface area contributed by atoms with E-state index in [0.717, 1.165) is 27.4 Å². The smallest absolute Gasteiger partial charge is 0.187 e. The van der Waals surface area contributed by atoms with Gasteiger partial charge in [-0.05, 0) is 35.0 Å². The Kier molecular flexibility index (Phi) is 4.15. The highest BCUT2D eigenvalue weighted by Gasteiger charge is 2.05. The molecule has 0 spiro atoms. The number of rotatable bonds is 4. The maximum absolute atomic E-state index is 5.75. The molecule has 0 aliphatic carbocycles. The van der Waals surface area contributed by atoms with E-state index in [1.807, 2.05) is 36.6 Å². The Morgan fingerprint density at radius 1 is 1.47 bits per heavy atom. The summed E-state index contributed by atoms with van der Waals surface area (Å²) in [5.74, 6) is 0. The predicted octanol–water partition coefficient (Wildman–Crippen LogP) is 3.54. The van der Waals surface area contributed by atoms with Crippen molar-refractivity contribution in [3.05, 3.63) is 39.8 Å². The third-order valence-electron chi connectivity index (χ3n) is 2.20. The second-order valence-electron chi connectivity index (χ2n) is 3.93. The van der Waals surface area contributed by atoms with E-state index in [9.17, 15) is 0 Å². The number of aromatic nitrogens is 1. The van der Waals surface area contributed by atoms with Crippen LogP contribution in [0.15, 0.2) is 34.1 Å². The van der Waals surface area contributed by atoms with Crippen LogP contribution in [0.2, 0.25) is 0 Å². The van der Waals surface area contributed by atoms with E-state index in [2.05, 4.69) is 26.2 Å². The monoisotopic (exact) mass is 311 g/mol. The molecule has 3 N–H and O–H groups in total. The number of para-hydroxylation sites is 1. The molecule has 0 aliphatic heterocycles. The van der Waals surface area contributed by atoms with Gasteiger partial charge < -0.3 is 11.1 Å². The van der Waals surface area contributed by atoms with Crippen molar-refractivity contribution in [3.8, 4) is 0 Å². The lowest BCUT2D eigenvalue weighted by molar-refractivity contribution is 0.726. The maximum Gasteiger partial charge on any atom is 0.187 e. The molecule has 5 heteroatoms. The summed E-state index contributed by atoms with van der Waals surface area (Å²) < 4.78 is 1.03. The van der Waals surface area contributed by atoms with Crippen molar-refractivity contribution in [1.82, 2.24) is 4.98 Å². The Labute approximate surface area is 113 Å². The molecule has 0 saturated carbocycles. The molecule has 1 heterocycles. The van der Waals surface area contributed by atoms with Gasteiger partial charge in [0.25, 0.3) is 0 Å². The lowest BCUT2D eigenvalue weighted by atomic mass is 10.2.